The molecule has 1 nitrogen and oxygen atoms in total. The van der Waals surface area contributed by atoms with Gasteiger partial charge in [0.15, 0.2) is 0 Å². The van der Waals surface area contributed by atoms with Gasteiger partial charge in [0.05, 0.1) is 6.10 Å². The molecule has 0 saturated carbocycles. The van der Waals surface area contributed by atoms with Crippen molar-refractivity contribution in [1.82, 2.24) is 0 Å². The van der Waals surface area contributed by atoms with Gasteiger partial charge in [0.25, 0.3) is 0 Å². The average Bonchev–Trinajstić information content (AvgIpc) is 2.37. The van der Waals surface area contributed by atoms with Gasteiger partial charge in [-0.2, -0.15) is 0 Å². The molecule has 0 amide bonds. The second kappa shape index (κ2) is 5.54. The molecule has 19 heavy (non-hydrogen) atoms. The molecule has 0 radical (unpaired) electrons. The fraction of sp³-hybridized carbons (Fsp3) is 0.294. The van der Waals surface area contributed by atoms with Crippen LogP contribution in [-0.2, 0) is 6.42 Å². The van der Waals surface area contributed by atoms with Gasteiger partial charge < -0.3 is 5.11 Å². The highest BCUT2D eigenvalue weighted by Gasteiger charge is 2.11. The van der Waals surface area contributed by atoms with Crippen LogP contribution in [-0.4, -0.2) is 5.11 Å². The predicted molar refractivity (Wildman–Crippen MR) is 75.7 cm³/mol. The van der Waals surface area contributed by atoms with E-state index in [-0.39, 0.29) is 5.82 Å². The summed E-state index contributed by atoms with van der Waals surface area (Å²) in [7, 11) is 0. The number of aliphatic hydroxyl groups is 1. The second-order valence-electron chi connectivity index (χ2n) is 5.13. The van der Waals surface area contributed by atoms with Gasteiger partial charge in [-0.1, -0.05) is 24.3 Å². The lowest BCUT2D eigenvalue weighted by Crippen LogP contribution is -2.04. The molecule has 0 spiro atoms. The third-order valence-corrected chi connectivity index (χ3v) is 3.64. The largest absolute Gasteiger partial charge is 0.388 e. The van der Waals surface area contributed by atoms with Gasteiger partial charge in [-0.05, 0) is 60.7 Å². The van der Waals surface area contributed by atoms with Crippen LogP contribution in [0.4, 0.5) is 4.39 Å². The first-order valence-corrected chi connectivity index (χ1v) is 6.47. The van der Waals surface area contributed by atoms with Crippen LogP contribution in [0.3, 0.4) is 0 Å². The molecule has 100 valence electrons. The van der Waals surface area contributed by atoms with E-state index in [1.165, 1.54) is 17.7 Å². The number of aryl methyl sites for hydroxylation is 3. The Hall–Kier alpha value is -1.67. The number of halogens is 1. The fourth-order valence-electron chi connectivity index (χ4n) is 2.16. The summed E-state index contributed by atoms with van der Waals surface area (Å²) in [6.07, 6.45) is -0.161. The SMILES string of the molecule is Cc1ccc(C(O)Cc2cc(F)ccc2C)cc1C. The molecule has 2 aromatic carbocycles. The van der Waals surface area contributed by atoms with E-state index in [0.29, 0.717) is 6.42 Å². The molecule has 0 aliphatic heterocycles. The maximum atomic E-state index is 13.2. The van der Waals surface area contributed by atoms with E-state index in [4.69, 9.17) is 0 Å². The van der Waals surface area contributed by atoms with Crippen molar-refractivity contribution in [3.63, 3.8) is 0 Å². The van der Waals surface area contributed by atoms with Crippen molar-refractivity contribution >= 4 is 0 Å². The minimum absolute atomic E-state index is 0.257. The summed E-state index contributed by atoms with van der Waals surface area (Å²) < 4.78 is 13.2. The monoisotopic (exact) mass is 258 g/mol. The Morgan fingerprint density at radius 3 is 2.32 bits per heavy atom. The Morgan fingerprint density at radius 2 is 1.63 bits per heavy atom. The summed E-state index contributed by atoms with van der Waals surface area (Å²) in [4.78, 5) is 0. The van der Waals surface area contributed by atoms with Crippen molar-refractivity contribution in [1.29, 1.82) is 0 Å². The fourth-order valence-corrected chi connectivity index (χ4v) is 2.16. The summed E-state index contributed by atoms with van der Waals surface area (Å²) in [5, 5.41) is 10.3. The summed E-state index contributed by atoms with van der Waals surface area (Å²) in [6, 6.07) is 10.6. The molecule has 0 fully saturated rings. The summed E-state index contributed by atoms with van der Waals surface area (Å²) in [5.74, 6) is -0.257. The molecule has 0 bridgehead atoms. The molecule has 2 rings (SSSR count). The molecule has 1 unspecified atom stereocenters. The zero-order chi connectivity index (χ0) is 14.0. The van der Waals surface area contributed by atoms with E-state index in [1.807, 2.05) is 39.0 Å². The quantitative estimate of drug-likeness (QED) is 0.881. The summed E-state index contributed by atoms with van der Waals surface area (Å²) in [5.41, 5.74) is 5.10. The van der Waals surface area contributed by atoms with Gasteiger partial charge in [-0.15, -0.1) is 0 Å². The number of hydrogen-bond acceptors (Lipinski definition) is 1. The van der Waals surface area contributed by atoms with Crippen molar-refractivity contribution < 1.29 is 9.50 Å². The first-order valence-electron chi connectivity index (χ1n) is 6.47. The third kappa shape index (κ3) is 3.21. The van der Waals surface area contributed by atoms with Crippen molar-refractivity contribution in [3.8, 4) is 0 Å². The zero-order valence-corrected chi connectivity index (χ0v) is 11.6. The van der Waals surface area contributed by atoms with E-state index in [1.54, 1.807) is 6.07 Å². The Bertz CT molecular complexity index is 590. The normalized spacial score (nSPS) is 12.5. The smallest absolute Gasteiger partial charge is 0.123 e. The highest BCUT2D eigenvalue weighted by Crippen LogP contribution is 2.23. The number of aliphatic hydroxyl groups excluding tert-OH is 1. The molecule has 2 heteroatoms. The highest BCUT2D eigenvalue weighted by atomic mass is 19.1. The molecular formula is C17H19FO. The molecule has 1 atom stereocenters. The Morgan fingerprint density at radius 1 is 0.947 bits per heavy atom. The van der Waals surface area contributed by atoms with Gasteiger partial charge in [0.2, 0.25) is 0 Å². The van der Waals surface area contributed by atoms with E-state index >= 15 is 0 Å². The minimum Gasteiger partial charge on any atom is -0.388 e. The molecule has 2 aromatic rings. The maximum Gasteiger partial charge on any atom is 0.123 e. The first kappa shape index (κ1) is 13.8. The molecule has 0 saturated heterocycles. The van der Waals surface area contributed by atoms with Crippen LogP contribution in [0.1, 0.15) is 33.9 Å². The van der Waals surface area contributed by atoms with E-state index in [9.17, 15) is 9.50 Å². The van der Waals surface area contributed by atoms with Gasteiger partial charge >= 0.3 is 0 Å². The molecule has 0 aliphatic rings. The molecule has 0 aromatic heterocycles. The number of rotatable bonds is 3. The van der Waals surface area contributed by atoms with Crippen molar-refractivity contribution in [2.75, 3.05) is 0 Å². The highest BCUT2D eigenvalue weighted by molar-refractivity contribution is 5.33. The van der Waals surface area contributed by atoms with E-state index in [2.05, 4.69) is 0 Å². The zero-order valence-electron chi connectivity index (χ0n) is 11.6. The van der Waals surface area contributed by atoms with Crippen LogP contribution >= 0.6 is 0 Å². The van der Waals surface area contributed by atoms with Gasteiger partial charge in [0.1, 0.15) is 5.82 Å². The van der Waals surface area contributed by atoms with Crippen LogP contribution in [0.2, 0.25) is 0 Å². The summed E-state index contributed by atoms with van der Waals surface area (Å²) in [6.45, 7) is 6.00. The van der Waals surface area contributed by atoms with Crippen LogP contribution in [0.25, 0.3) is 0 Å². The predicted octanol–water partition coefficient (Wildman–Crippen LogP) is 4.03. The second-order valence-corrected chi connectivity index (χ2v) is 5.13. The van der Waals surface area contributed by atoms with Gasteiger partial charge in [-0.25, -0.2) is 4.39 Å². The maximum absolute atomic E-state index is 13.2. The van der Waals surface area contributed by atoms with E-state index in [0.717, 1.165) is 22.3 Å². The minimum atomic E-state index is -0.597. The lowest BCUT2D eigenvalue weighted by molar-refractivity contribution is 0.178. The molecule has 0 aliphatic carbocycles. The van der Waals surface area contributed by atoms with Crippen molar-refractivity contribution in [3.05, 3.63) is 70.0 Å². The lowest BCUT2D eigenvalue weighted by Gasteiger charge is -2.14. The van der Waals surface area contributed by atoms with E-state index < -0.39 is 6.10 Å². The Labute approximate surface area is 113 Å². The molecule has 0 heterocycles. The van der Waals surface area contributed by atoms with Crippen LogP contribution in [0.5, 0.6) is 0 Å². The summed E-state index contributed by atoms with van der Waals surface area (Å²) >= 11 is 0. The topological polar surface area (TPSA) is 20.2 Å². The molecule has 1 N–H and O–H groups in total. The number of hydrogen-bond donors (Lipinski definition) is 1. The van der Waals surface area contributed by atoms with Crippen molar-refractivity contribution in [2.24, 2.45) is 0 Å². The first-order chi connectivity index (χ1) is 8.97. The molecular weight excluding hydrogens is 239 g/mol. The third-order valence-electron chi connectivity index (χ3n) is 3.64. The van der Waals surface area contributed by atoms with Crippen molar-refractivity contribution in [2.45, 2.75) is 33.3 Å². The van der Waals surface area contributed by atoms with Crippen LogP contribution < -0.4 is 0 Å². The van der Waals surface area contributed by atoms with Crippen LogP contribution in [0, 0.1) is 26.6 Å². The van der Waals surface area contributed by atoms with Gasteiger partial charge in [0, 0.05) is 6.42 Å². The van der Waals surface area contributed by atoms with Gasteiger partial charge in [-0.3, -0.25) is 0 Å². The average molecular weight is 258 g/mol. The Kier molecular flexibility index (Phi) is 4.01. The Balaban J connectivity index is 2.22. The standard InChI is InChI=1S/C17H19FO/c1-11-4-6-14(8-13(11)3)17(19)10-15-9-16(18)7-5-12(15)2/h4-9,17,19H,10H2,1-3H3. The lowest BCUT2D eigenvalue weighted by atomic mass is 9.96. The van der Waals surface area contributed by atoms with Crippen LogP contribution in [0.15, 0.2) is 36.4 Å². The number of benzene rings is 2.